The predicted octanol–water partition coefficient (Wildman–Crippen LogP) is 4.03. The van der Waals surface area contributed by atoms with Crippen molar-refractivity contribution in [2.45, 2.75) is 38.0 Å². The van der Waals surface area contributed by atoms with E-state index >= 15 is 0 Å². The molecule has 0 saturated carbocycles. The molecule has 1 atom stereocenters. The fourth-order valence-corrected chi connectivity index (χ4v) is 3.53. The topological polar surface area (TPSA) is 58.6 Å². The number of methoxy groups -OCH3 is 1. The number of hydrogen-bond acceptors (Lipinski definition) is 3. The first kappa shape index (κ1) is 21.7. The van der Waals surface area contributed by atoms with Gasteiger partial charge in [-0.15, -0.1) is 0 Å². The van der Waals surface area contributed by atoms with Crippen molar-refractivity contribution >= 4 is 11.8 Å². The van der Waals surface area contributed by atoms with Gasteiger partial charge in [0.15, 0.2) is 0 Å². The van der Waals surface area contributed by atoms with Crippen molar-refractivity contribution in [1.82, 2.24) is 10.2 Å². The zero-order chi connectivity index (χ0) is 21.7. The number of rotatable bonds is 5. The third-order valence-corrected chi connectivity index (χ3v) is 5.07. The number of halogens is 3. The highest BCUT2D eigenvalue weighted by Gasteiger charge is 2.32. The minimum Gasteiger partial charge on any atom is -0.496 e. The minimum absolute atomic E-state index is 0.0593. The molecule has 1 fully saturated rings. The second-order valence-electron chi connectivity index (χ2n) is 7.18. The molecule has 30 heavy (non-hydrogen) atoms. The first-order valence-electron chi connectivity index (χ1n) is 9.68. The number of benzene rings is 2. The Morgan fingerprint density at radius 3 is 2.67 bits per heavy atom. The van der Waals surface area contributed by atoms with E-state index in [1.54, 1.807) is 30.3 Å². The highest BCUT2D eigenvalue weighted by Crippen LogP contribution is 2.30. The molecule has 2 aromatic rings. The zero-order valence-electron chi connectivity index (χ0n) is 16.5. The summed E-state index contributed by atoms with van der Waals surface area (Å²) in [6.07, 6.45) is -2.53. The molecule has 0 radical (unpaired) electrons. The van der Waals surface area contributed by atoms with Crippen LogP contribution in [0, 0.1) is 0 Å². The van der Waals surface area contributed by atoms with E-state index in [0.717, 1.165) is 18.6 Å². The predicted molar refractivity (Wildman–Crippen MR) is 105 cm³/mol. The maximum atomic E-state index is 13.0. The molecule has 0 aliphatic carbocycles. The molecular weight excluding hydrogens is 397 g/mol. The fraction of sp³-hybridized carbons (Fsp3) is 0.364. The lowest BCUT2D eigenvalue weighted by molar-refractivity contribution is -0.137. The first-order chi connectivity index (χ1) is 14.3. The number of nitrogens with one attached hydrogen (secondary N) is 1. The second-order valence-corrected chi connectivity index (χ2v) is 7.18. The van der Waals surface area contributed by atoms with Crippen molar-refractivity contribution in [3.05, 3.63) is 65.2 Å². The van der Waals surface area contributed by atoms with Gasteiger partial charge in [-0.25, -0.2) is 0 Å². The van der Waals surface area contributed by atoms with Crippen molar-refractivity contribution < 1.29 is 27.5 Å². The molecule has 1 saturated heterocycles. The van der Waals surface area contributed by atoms with Crippen molar-refractivity contribution in [3.8, 4) is 5.75 Å². The van der Waals surface area contributed by atoms with Gasteiger partial charge < -0.3 is 15.0 Å². The molecule has 2 aromatic carbocycles. The summed E-state index contributed by atoms with van der Waals surface area (Å²) in [6, 6.07) is 10.9. The molecule has 0 aromatic heterocycles. The van der Waals surface area contributed by atoms with Gasteiger partial charge in [-0.1, -0.05) is 24.3 Å². The Balaban J connectivity index is 1.74. The molecule has 1 unspecified atom stereocenters. The molecule has 3 rings (SSSR count). The van der Waals surface area contributed by atoms with E-state index in [1.165, 1.54) is 18.1 Å². The van der Waals surface area contributed by atoms with E-state index in [2.05, 4.69) is 5.32 Å². The molecule has 160 valence electrons. The van der Waals surface area contributed by atoms with Gasteiger partial charge >= 0.3 is 6.18 Å². The average molecular weight is 420 g/mol. The van der Waals surface area contributed by atoms with Crippen LogP contribution in [-0.2, 0) is 17.5 Å². The van der Waals surface area contributed by atoms with Crippen LogP contribution in [-0.4, -0.2) is 36.4 Å². The van der Waals surface area contributed by atoms with E-state index in [9.17, 15) is 22.8 Å². The number of ether oxygens (including phenoxy) is 1. The van der Waals surface area contributed by atoms with Gasteiger partial charge in [0.25, 0.3) is 5.91 Å². The van der Waals surface area contributed by atoms with Gasteiger partial charge in [0.1, 0.15) is 11.8 Å². The average Bonchev–Trinajstić information content (AvgIpc) is 2.89. The lowest BCUT2D eigenvalue weighted by Crippen LogP contribution is -2.47. The number of para-hydroxylation sites is 1. The number of carbonyl (C=O) groups is 2. The molecule has 1 N–H and O–H groups in total. The normalized spacial score (nSPS) is 17.4. The fourth-order valence-electron chi connectivity index (χ4n) is 3.53. The van der Waals surface area contributed by atoms with E-state index in [0.29, 0.717) is 36.3 Å². The number of likely N-dealkylation sites (tertiary alicyclic amines) is 1. The van der Waals surface area contributed by atoms with Crippen LogP contribution >= 0.6 is 0 Å². The standard InChI is InChI=1S/C22H23F3N2O3/c1-30-19-11-3-2-9-17(19)20(28)26-18-10-4-5-12-27(21(18)29)14-15-7-6-8-16(13-15)22(23,24)25/h2-3,6-9,11,13,18H,4-5,10,12,14H2,1H3,(H,26,28). The Bertz CT molecular complexity index is 914. The molecule has 5 nitrogen and oxygen atoms in total. The van der Waals surface area contributed by atoms with E-state index < -0.39 is 23.7 Å². The van der Waals surface area contributed by atoms with Crippen LogP contribution in [0.2, 0.25) is 0 Å². The van der Waals surface area contributed by atoms with Crippen LogP contribution in [0.3, 0.4) is 0 Å². The van der Waals surface area contributed by atoms with Gasteiger partial charge in [-0.05, 0) is 49.1 Å². The Hall–Kier alpha value is -3.03. The Kier molecular flexibility index (Phi) is 6.64. The summed E-state index contributed by atoms with van der Waals surface area (Å²) >= 11 is 0. The molecule has 1 aliphatic rings. The lowest BCUT2D eigenvalue weighted by atomic mass is 10.1. The van der Waals surface area contributed by atoms with Crippen molar-refractivity contribution in [2.24, 2.45) is 0 Å². The monoisotopic (exact) mass is 420 g/mol. The van der Waals surface area contributed by atoms with E-state index in [1.807, 2.05) is 0 Å². The van der Waals surface area contributed by atoms with E-state index in [-0.39, 0.29) is 12.5 Å². The highest BCUT2D eigenvalue weighted by atomic mass is 19.4. The Morgan fingerprint density at radius 1 is 1.17 bits per heavy atom. The summed E-state index contributed by atoms with van der Waals surface area (Å²) in [4.78, 5) is 27.2. The van der Waals surface area contributed by atoms with Gasteiger partial charge in [-0.2, -0.15) is 13.2 Å². The maximum Gasteiger partial charge on any atom is 0.416 e. The highest BCUT2D eigenvalue weighted by molar-refractivity contribution is 5.99. The van der Waals surface area contributed by atoms with Crippen LogP contribution in [0.1, 0.15) is 40.7 Å². The molecule has 1 aliphatic heterocycles. The van der Waals surface area contributed by atoms with E-state index in [4.69, 9.17) is 4.74 Å². The third-order valence-electron chi connectivity index (χ3n) is 5.07. The smallest absolute Gasteiger partial charge is 0.416 e. The maximum absolute atomic E-state index is 13.0. The lowest BCUT2D eigenvalue weighted by Gasteiger charge is -2.25. The van der Waals surface area contributed by atoms with Gasteiger partial charge in [0, 0.05) is 13.1 Å². The minimum atomic E-state index is -4.44. The number of amides is 2. The van der Waals surface area contributed by atoms with Gasteiger partial charge in [-0.3, -0.25) is 9.59 Å². The van der Waals surface area contributed by atoms with Crippen LogP contribution in [0.25, 0.3) is 0 Å². The Labute approximate surface area is 172 Å². The summed E-state index contributed by atoms with van der Waals surface area (Å²) in [7, 11) is 1.46. The molecular formula is C22H23F3N2O3. The summed E-state index contributed by atoms with van der Waals surface area (Å²) in [5.74, 6) is -0.322. The number of carbonyl (C=O) groups excluding carboxylic acids is 2. The van der Waals surface area contributed by atoms with Gasteiger partial charge in [0.05, 0.1) is 18.2 Å². The van der Waals surface area contributed by atoms with Crippen LogP contribution in [0.5, 0.6) is 5.75 Å². The summed E-state index contributed by atoms with van der Waals surface area (Å²) in [5, 5.41) is 2.76. The van der Waals surface area contributed by atoms with Crippen molar-refractivity contribution in [3.63, 3.8) is 0 Å². The largest absolute Gasteiger partial charge is 0.496 e. The first-order valence-corrected chi connectivity index (χ1v) is 9.68. The number of alkyl halides is 3. The summed E-state index contributed by atoms with van der Waals surface area (Å²) in [6.45, 7) is 0.486. The van der Waals surface area contributed by atoms with Crippen molar-refractivity contribution in [2.75, 3.05) is 13.7 Å². The van der Waals surface area contributed by atoms with Gasteiger partial charge in [0.2, 0.25) is 5.91 Å². The summed E-state index contributed by atoms with van der Waals surface area (Å²) in [5.41, 5.74) is -0.0281. The number of nitrogens with zero attached hydrogens (tertiary/aromatic N) is 1. The SMILES string of the molecule is COc1ccccc1C(=O)NC1CCCCN(Cc2cccc(C(F)(F)F)c2)C1=O. The molecule has 0 spiro atoms. The van der Waals surface area contributed by atoms with Crippen LogP contribution < -0.4 is 10.1 Å². The third kappa shape index (κ3) is 5.11. The quantitative estimate of drug-likeness (QED) is 0.795. The molecule has 1 heterocycles. The van der Waals surface area contributed by atoms with Crippen LogP contribution in [0.15, 0.2) is 48.5 Å². The number of hydrogen-bond donors (Lipinski definition) is 1. The second kappa shape index (κ2) is 9.19. The molecule has 8 heteroatoms. The summed E-state index contributed by atoms with van der Waals surface area (Å²) < 4.78 is 44.1. The molecule has 2 amide bonds. The van der Waals surface area contributed by atoms with Crippen molar-refractivity contribution in [1.29, 1.82) is 0 Å². The molecule has 0 bridgehead atoms. The Morgan fingerprint density at radius 2 is 1.93 bits per heavy atom. The van der Waals surface area contributed by atoms with Crippen LogP contribution in [0.4, 0.5) is 13.2 Å². The zero-order valence-corrected chi connectivity index (χ0v) is 16.5.